The number of ether oxygens (including phenoxy) is 1. The minimum Gasteiger partial charge on any atom is -0.507 e. The number of hydrogen-bond acceptors (Lipinski definition) is 4. The maximum atomic E-state index is 12.4. The molecule has 2 N–H and O–H groups in total. The third kappa shape index (κ3) is 7.36. The van der Waals surface area contributed by atoms with E-state index in [1.807, 2.05) is 0 Å². The fourth-order valence-corrected chi connectivity index (χ4v) is 3.62. The summed E-state index contributed by atoms with van der Waals surface area (Å²) in [5.41, 5.74) is 0.629. The van der Waals surface area contributed by atoms with Gasteiger partial charge in [0.05, 0.1) is 7.11 Å². The van der Waals surface area contributed by atoms with E-state index in [0.717, 1.165) is 18.2 Å². The van der Waals surface area contributed by atoms with Gasteiger partial charge in [-0.2, -0.15) is 0 Å². The van der Waals surface area contributed by atoms with Crippen LogP contribution in [0.1, 0.15) is 91.8 Å². The van der Waals surface area contributed by atoms with Crippen LogP contribution in [-0.2, 0) is 4.74 Å². The predicted molar refractivity (Wildman–Crippen MR) is 121 cm³/mol. The lowest BCUT2D eigenvalue weighted by atomic mass is 10.0. The second-order valence-electron chi connectivity index (χ2n) is 7.86. The van der Waals surface area contributed by atoms with Gasteiger partial charge < -0.3 is 15.2 Å². The number of hydrogen-bond donors (Lipinski definition) is 2. The van der Waals surface area contributed by atoms with Crippen molar-refractivity contribution in [1.82, 2.24) is 5.32 Å². The molecule has 5 nitrogen and oxygen atoms in total. The van der Waals surface area contributed by atoms with Gasteiger partial charge in [0.25, 0.3) is 5.91 Å². The molecule has 2 aromatic carbocycles. The first-order valence-corrected chi connectivity index (χ1v) is 11.2. The highest BCUT2D eigenvalue weighted by atomic mass is 16.5. The molecule has 1 amide bonds. The van der Waals surface area contributed by atoms with Crippen LogP contribution in [0.15, 0.2) is 30.3 Å². The number of carbonyl (C=O) groups is 2. The minimum absolute atomic E-state index is 0.0907. The molecule has 0 aromatic heterocycles. The minimum atomic E-state index is -0.606. The Kier molecular flexibility index (Phi) is 10.2. The average Bonchev–Trinajstić information content (AvgIpc) is 2.76. The van der Waals surface area contributed by atoms with Crippen molar-refractivity contribution < 1.29 is 19.4 Å². The molecule has 30 heavy (non-hydrogen) atoms. The van der Waals surface area contributed by atoms with Crippen molar-refractivity contribution in [2.75, 3.05) is 13.7 Å². The number of fused-ring (bicyclic) bond motifs is 1. The quantitative estimate of drug-likeness (QED) is 0.313. The maximum Gasteiger partial charge on any atom is 0.341 e. The molecule has 0 radical (unpaired) electrons. The molecule has 2 aromatic rings. The van der Waals surface area contributed by atoms with Gasteiger partial charge in [0.15, 0.2) is 0 Å². The highest BCUT2D eigenvalue weighted by Gasteiger charge is 2.14. The first-order valence-electron chi connectivity index (χ1n) is 11.2. The van der Waals surface area contributed by atoms with Crippen LogP contribution in [0.25, 0.3) is 10.8 Å². The third-order valence-electron chi connectivity index (χ3n) is 5.44. The van der Waals surface area contributed by atoms with Crippen molar-refractivity contribution in [3.63, 3.8) is 0 Å². The zero-order valence-electron chi connectivity index (χ0n) is 18.3. The first kappa shape index (κ1) is 23.7. The Balaban J connectivity index is 1.75. The highest BCUT2D eigenvalue weighted by molar-refractivity contribution is 6.02. The summed E-state index contributed by atoms with van der Waals surface area (Å²) in [6, 6.07) is 8.29. The average molecular weight is 414 g/mol. The second-order valence-corrected chi connectivity index (χ2v) is 7.86. The number of unbranched alkanes of at least 4 members (excludes halogenated alkanes) is 9. The van der Waals surface area contributed by atoms with Gasteiger partial charge in [-0.1, -0.05) is 70.8 Å². The smallest absolute Gasteiger partial charge is 0.341 e. The molecule has 5 heteroatoms. The molecule has 0 aliphatic carbocycles. The van der Waals surface area contributed by atoms with E-state index in [2.05, 4.69) is 17.0 Å². The number of amides is 1. The SMILES string of the molecule is CCCCCCCCCCCCNC(=O)c1ccc2cc(O)c(C(=O)OC)cc2c1. The second kappa shape index (κ2) is 12.9. The fourth-order valence-electron chi connectivity index (χ4n) is 3.62. The number of nitrogens with one attached hydrogen (secondary N) is 1. The van der Waals surface area contributed by atoms with Crippen LogP contribution in [0.3, 0.4) is 0 Å². The Labute approximate surface area is 179 Å². The summed E-state index contributed by atoms with van der Waals surface area (Å²) in [6.07, 6.45) is 12.6. The van der Waals surface area contributed by atoms with Crippen molar-refractivity contribution >= 4 is 22.6 Å². The molecule has 0 aliphatic rings. The summed E-state index contributed by atoms with van der Waals surface area (Å²) >= 11 is 0. The molecule has 0 spiro atoms. The lowest BCUT2D eigenvalue weighted by Crippen LogP contribution is -2.24. The summed E-state index contributed by atoms with van der Waals surface area (Å²) in [6.45, 7) is 2.90. The largest absolute Gasteiger partial charge is 0.507 e. The molecule has 0 unspecified atom stereocenters. The molecular weight excluding hydrogens is 378 g/mol. The van der Waals surface area contributed by atoms with Gasteiger partial charge in [-0.25, -0.2) is 4.79 Å². The van der Waals surface area contributed by atoms with E-state index >= 15 is 0 Å². The van der Waals surface area contributed by atoms with Gasteiger partial charge >= 0.3 is 5.97 Å². The number of phenolic OH excluding ortho intramolecular Hbond substituents is 1. The Morgan fingerprint density at radius 3 is 2.13 bits per heavy atom. The number of methoxy groups -OCH3 is 1. The molecule has 0 saturated heterocycles. The van der Waals surface area contributed by atoms with Crippen molar-refractivity contribution in [3.8, 4) is 5.75 Å². The molecule has 0 aliphatic heterocycles. The van der Waals surface area contributed by atoms with E-state index in [1.54, 1.807) is 24.3 Å². The zero-order chi connectivity index (χ0) is 21.8. The van der Waals surface area contributed by atoms with Crippen LogP contribution < -0.4 is 5.32 Å². The van der Waals surface area contributed by atoms with Gasteiger partial charge in [0, 0.05) is 12.1 Å². The first-order chi connectivity index (χ1) is 14.6. The van der Waals surface area contributed by atoms with Gasteiger partial charge in [-0.15, -0.1) is 0 Å². The van der Waals surface area contributed by atoms with E-state index in [0.29, 0.717) is 17.5 Å². The number of aromatic hydroxyl groups is 1. The topological polar surface area (TPSA) is 75.6 Å². The van der Waals surface area contributed by atoms with Gasteiger partial charge in [0.2, 0.25) is 0 Å². The van der Waals surface area contributed by atoms with Crippen LogP contribution in [-0.4, -0.2) is 30.6 Å². The number of esters is 1. The molecule has 0 saturated carbocycles. The van der Waals surface area contributed by atoms with Crippen molar-refractivity contribution in [1.29, 1.82) is 0 Å². The van der Waals surface area contributed by atoms with Crippen molar-refractivity contribution in [2.24, 2.45) is 0 Å². The van der Waals surface area contributed by atoms with Crippen molar-refractivity contribution in [3.05, 3.63) is 41.5 Å². The number of rotatable bonds is 13. The van der Waals surface area contributed by atoms with Crippen molar-refractivity contribution in [2.45, 2.75) is 71.1 Å². The summed E-state index contributed by atoms with van der Waals surface area (Å²) in [4.78, 5) is 24.2. The number of benzene rings is 2. The Hall–Kier alpha value is -2.56. The third-order valence-corrected chi connectivity index (χ3v) is 5.44. The lowest BCUT2D eigenvalue weighted by Gasteiger charge is -2.08. The van der Waals surface area contributed by atoms with Crippen LogP contribution in [0.4, 0.5) is 0 Å². The molecular formula is C25H35NO4. The Morgan fingerprint density at radius 2 is 1.50 bits per heavy atom. The van der Waals surface area contributed by atoms with Crippen LogP contribution >= 0.6 is 0 Å². The zero-order valence-corrected chi connectivity index (χ0v) is 18.3. The molecule has 0 heterocycles. The van der Waals surface area contributed by atoms with Gasteiger partial charge in [0.1, 0.15) is 11.3 Å². The van der Waals surface area contributed by atoms with E-state index in [4.69, 9.17) is 0 Å². The standard InChI is InChI=1S/C25H35NO4/c1-3-4-5-6-7-8-9-10-11-12-15-26-24(28)20-14-13-19-18-23(27)22(25(29)30-2)17-21(19)16-20/h13-14,16-18,27H,3-12,15H2,1-2H3,(H,26,28). The van der Waals surface area contributed by atoms with Crippen LogP contribution in [0, 0.1) is 0 Å². The van der Waals surface area contributed by atoms with E-state index in [9.17, 15) is 14.7 Å². The number of phenols is 1. The van der Waals surface area contributed by atoms with Crippen LogP contribution in [0.5, 0.6) is 5.75 Å². The van der Waals surface area contributed by atoms with Crippen LogP contribution in [0.2, 0.25) is 0 Å². The number of carbonyl (C=O) groups excluding carboxylic acids is 2. The molecule has 0 bridgehead atoms. The van der Waals surface area contributed by atoms with E-state index in [1.165, 1.54) is 64.5 Å². The van der Waals surface area contributed by atoms with Gasteiger partial charge in [-0.05, 0) is 41.5 Å². The fraction of sp³-hybridized carbons (Fsp3) is 0.520. The van der Waals surface area contributed by atoms with E-state index < -0.39 is 5.97 Å². The summed E-state index contributed by atoms with van der Waals surface area (Å²) < 4.78 is 4.69. The molecule has 164 valence electrons. The monoisotopic (exact) mass is 413 g/mol. The lowest BCUT2D eigenvalue weighted by molar-refractivity contribution is 0.0597. The Bertz CT molecular complexity index is 831. The molecule has 2 rings (SSSR count). The van der Waals surface area contributed by atoms with Gasteiger partial charge in [-0.3, -0.25) is 4.79 Å². The summed E-state index contributed by atoms with van der Waals surface area (Å²) in [7, 11) is 1.27. The summed E-state index contributed by atoms with van der Waals surface area (Å²) in [5.74, 6) is -0.863. The maximum absolute atomic E-state index is 12.4. The summed E-state index contributed by atoms with van der Waals surface area (Å²) in [5, 5.41) is 14.4. The molecule has 0 atom stereocenters. The van der Waals surface area contributed by atoms with E-state index in [-0.39, 0.29) is 17.2 Å². The molecule has 0 fully saturated rings. The predicted octanol–water partition coefficient (Wildman–Crippen LogP) is 5.98. The highest BCUT2D eigenvalue weighted by Crippen LogP contribution is 2.26. The normalized spacial score (nSPS) is 10.9. The Morgan fingerprint density at radius 1 is 0.867 bits per heavy atom.